The Morgan fingerprint density at radius 1 is 1.32 bits per heavy atom. The summed E-state index contributed by atoms with van der Waals surface area (Å²) in [7, 11) is 0. The number of nitrogens with zero attached hydrogens (tertiary/aromatic N) is 4. The molecule has 0 bridgehead atoms. The second kappa shape index (κ2) is 5.90. The van der Waals surface area contributed by atoms with E-state index in [-0.39, 0.29) is 12.6 Å². The summed E-state index contributed by atoms with van der Waals surface area (Å²) < 4.78 is 2.00. The number of hydrogen-bond donors (Lipinski definition) is 2. The zero-order valence-corrected chi connectivity index (χ0v) is 13.2. The molecule has 1 aromatic carbocycles. The van der Waals surface area contributed by atoms with Gasteiger partial charge in [-0.05, 0) is 32.0 Å². The lowest BCUT2D eigenvalue weighted by Crippen LogP contribution is -2.08. The molecule has 114 valence electrons. The Hall–Kier alpha value is -2.18. The molecule has 0 aliphatic heterocycles. The summed E-state index contributed by atoms with van der Waals surface area (Å²) in [6, 6.07) is 7.70. The van der Waals surface area contributed by atoms with Gasteiger partial charge in [-0.2, -0.15) is 0 Å². The zero-order chi connectivity index (χ0) is 15.7. The van der Waals surface area contributed by atoms with E-state index in [1.54, 1.807) is 6.33 Å². The van der Waals surface area contributed by atoms with Crippen LogP contribution >= 0.6 is 11.6 Å². The molecular weight excluding hydrogens is 300 g/mol. The van der Waals surface area contributed by atoms with Gasteiger partial charge in [-0.1, -0.05) is 17.7 Å². The number of aromatic nitrogens is 4. The summed E-state index contributed by atoms with van der Waals surface area (Å²) in [5.74, 6) is 1.20. The molecule has 0 unspecified atom stereocenters. The molecule has 0 aliphatic rings. The predicted molar refractivity (Wildman–Crippen MR) is 88.3 cm³/mol. The molecular formula is C15H17ClN6. The maximum absolute atomic E-state index is 6.02. The monoisotopic (exact) mass is 316 g/mol. The van der Waals surface area contributed by atoms with Crippen LogP contribution in [-0.4, -0.2) is 19.5 Å². The molecule has 0 aliphatic carbocycles. The highest BCUT2D eigenvalue weighted by atomic mass is 35.5. The molecule has 2 aromatic heterocycles. The van der Waals surface area contributed by atoms with Gasteiger partial charge in [0.05, 0.1) is 12.9 Å². The fourth-order valence-electron chi connectivity index (χ4n) is 2.22. The number of anilines is 2. The molecule has 3 aromatic rings. The highest BCUT2D eigenvalue weighted by Crippen LogP contribution is 2.25. The lowest BCUT2D eigenvalue weighted by Gasteiger charge is -2.10. The van der Waals surface area contributed by atoms with Crippen LogP contribution in [0.25, 0.3) is 11.2 Å². The van der Waals surface area contributed by atoms with E-state index in [0.29, 0.717) is 22.2 Å². The third kappa shape index (κ3) is 2.75. The topological polar surface area (TPSA) is 81.7 Å². The SMILES string of the molecule is CC(C)n1cnc2c(Nc3cccc(Cl)c3)nc(CN)nc21. The van der Waals surface area contributed by atoms with Crippen LogP contribution in [0.4, 0.5) is 11.5 Å². The fraction of sp³-hybridized carbons (Fsp3) is 0.267. The first kappa shape index (κ1) is 14.7. The molecule has 0 atom stereocenters. The van der Waals surface area contributed by atoms with E-state index >= 15 is 0 Å². The average molecular weight is 317 g/mol. The molecule has 22 heavy (non-hydrogen) atoms. The van der Waals surface area contributed by atoms with Crippen molar-refractivity contribution in [3.05, 3.63) is 41.4 Å². The van der Waals surface area contributed by atoms with Gasteiger partial charge in [0.15, 0.2) is 17.0 Å². The highest BCUT2D eigenvalue weighted by Gasteiger charge is 2.14. The Labute approximate surface area is 133 Å². The summed E-state index contributed by atoms with van der Waals surface area (Å²) in [5, 5.41) is 3.90. The van der Waals surface area contributed by atoms with Gasteiger partial charge in [-0.25, -0.2) is 15.0 Å². The van der Waals surface area contributed by atoms with Crippen LogP contribution in [0.15, 0.2) is 30.6 Å². The minimum atomic E-state index is 0.254. The van der Waals surface area contributed by atoms with Crippen LogP contribution in [0.5, 0.6) is 0 Å². The van der Waals surface area contributed by atoms with Gasteiger partial charge in [0.25, 0.3) is 0 Å². The first-order valence-electron chi connectivity index (χ1n) is 7.04. The van der Waals surface area contributed by atoms with Crippen LogP contribution in [0.1, 0.15) is 25.7 Å². The van der Waals surface area contributed by atoms with E-state index < -0.39 is 0 Å². The van der Waals surface area contributed by atoms with Gasteiger partial charge in [0.1, 0.15) is 5.82 Å². The highest BCUT2D eigenvalue weighted by molar-refractivity contribution is 6.30. The number of halogens is 1. The quantitative estimate of drug-likeness (QED) is 0.772. The summed E-state index contributed by atoms with van der Waals surface area (Å²) in [4.78, 5) is 13.4. The smallest absolute Gasteiger partial charge is 0.166 e. The summed E-state index contributed by atoms with van der Waals surface area (Å²) in [6.07, 6.45) is 1.77. The molecule has 0 fully saturated rings. The third-order valence-electron chi connectivity index (χ3n) is 3.29. The largest absolute Gasteiger partial charge is 0.338 e. The summed E-state index contributed by atoms with van der Waals surface area (Å²) in [5.41, 5.74) is 8.05. The molecule has 2 heterocycles. The van der Waals surface area contributed by atoms with E-state index in [4.69, 9.17) is 17.3 Å². The predicted octanol–water partition coefficient (Wildman–Crippen LogP) is 3.26. The minimum absolute atomic E-state index is 0.254. The van der Waals surface area contributed by atoms with Crippen LogP contribution in [0.2, 0.25) is 5.02 Å². The van der Waals surface area contributed by atoms with Gasteiger partial charge in [0.2, 0.25) is 0 Å². The van der Waals surface area contributed by atoms with E-state index in [1.807, 2.05) is 28.8 Å². The number of hydrogen-bond acceptors (Lipinski definition) is 5. The van der Waals surface area contributed by atoms with Crippen molar-refractivity contribution in [2.24, 2.45) is 5.73 Å². The van der Waals surface area contributed by atoms with Crippen molar-refractivity contribution < 1.29 is 0 Å². The Kier molecular flexibility index (Phi) is 3.96. The first-order chi connectivity index (χ1) is 10.6. The maximum Gasteiger partial charge on any atom is 0.166 e. The average Bonchev–Trinajstić information content (AvgIpc) is 2.91. The molecule has 3 rings (SSSR count). The van der Waals surface area contributed by atoms with Gasteiger partial charge >= 0.3 is 0 Å². The van der Waals surface area contributed by atoms with Crippen LogP contribution in [0, 0.1) is 0 Å². The number of nitrogens with one attached hydrogen (secondary N) is 1. The molecule has 7 heteroatoms. The molecule has 0 saturated carbocycles. The Morgan fingerprint density at radius 3 is 2.82 bits per heavy atom. The lowest BCUT2D eigenvalue weighted by molar-refractivity contribution is 0.611. The van der Waals surface area contributed by atoms with Gasteiger partial charge in [-0.15, -0.1) is 0 Å². The number of imidazole rings is 1. The number of fused-ring (bicyclic) bond motifs is 1. The molecule has 0 saturated heterocycles. The van der Waals surface area contributed by atoms with Crippen molar-refractivity contribution in [1.82, 2.24) is 19.5 Å². The van der Waals surface area contributed by atoms with Crippen molar-refractivity contribution in [1.29, 1.82) is 0 Å². The van der Waals surface area contributed by atoms with Crippen molar-refractivity contribution in [3.63, 3.8) is 0 Å². The molecule has 0 amide bonds. The second-order valence-electron chi connectivity index (χ2n) is 5.25. The van der Waals surface area contributed by atoms with Crippen molar-refractivity contribution in [2.45, 2.75) is 26.4 Å². The third-order valence-corrected chi connectivity index (χ3v) is 3.53. The van der Waals surface area contributed by atoms with Crippen molar-refractivity contribution in [3.8, 4) is 0 Å². The van der Waals surface area contributed by atoms with Gasteiger partial charge < -0.3 is 15.6 Å². The van der Waals surface area contributed by atoms with Crippen molar-refractivity contribution >= 4 is 34.3 Å². The van der Waals surface area contributed by atoms with Crippen LogP contribution in [-0.2, 0) is 6.54 Å². The van der Waals surface area contributed by atoms with Gasteiger partial charge in [-0.3, -0.25) is 0 Å². The first-order valence-corrected chi connectivity index (χ1v) is 7.42. The van der Waals surface area contributed by atoms with E-state index in [0.717, 1.165) is 11.3 Å². The molecule has 3 N–H and O–H groups in total. The molecule has 6 nitrogen and oxygen atoms in total. The number of rotatable bonds is 4. The zero-order valence-electron chi connectivity index (χ0n) is 12.4. The number of nitrogens with two attached hydrogens (primary N) is 1. The second-order valence-corrected chi connectivity index (χ2v) is 5.68. The van der Waals surface area contributed by atoms with E-state index in [2.05, 4.69) is 34.1 Å². The maximum atomic E-state index is 6.02. The van der Waals surface area contributed by atoms with Crippen LogP contribution < -0.4 is 11.1 Å². The standard InChI is InChI=1S/C15H17ClN6/c1-9(2)22-8-18-13-14(20-12(7-17)21-15(13)22)19-11-5-3-4-10(16)6-11/h3-6,8-9H,7,17H2,1-2H3,(H,19,20,21). The van der Waals surface area contributed by atoms with Gasteiger partial charge in [0, 0.05) is 16.8 Å². The van der Waals surface area contributed by atoms with Crippen LogP contribution in [0.3, 0.4) is 0 Å². The summed E-state index contributed by atoms with van der Waals surface area (Å²) >= 11 is 6.02. The summed E-state index contributed by atoms with van der Waals surface area (Å²) in [6.45, 7) is 4.42. The Morgan fingerprint density at radius 2 is 2.14 bits per heavy atom. The Balaban J connectivity index is 2.12. The van der Waals surface area contributed by atoms with E-state index in [1.165, 1.54) is 0 Å². The Bertz CT molecular complexity index is 811. The molecule has 0 spiro atoms. The lowest BCUT2D eigenvalue weighted by atomic mass is 10.3. The normalized spacial score (nSPS) is 11.3. The van der Waals surface area contributed by atoms with E-state index in [9.17, 15) is 0 Å². The molecule has 0 radical (unpaired) electrons. The number of benzene rings is 1. The minimum Gasteiger partial charge on any atom is -0.338 e. The van der Waals surface area contributed by atoms with Crippen molar-refractivity contribution in [2.75, 3.05) is 5.32 Å². The fourth-order valence-corrected chi connectivity index (χ4v) is 2.41.